The van der Waals surface area contributed by atoms with Crippen molar-refractivity contribution >= 4 is 0 Å². The van der Waals surface area contributed by atoms with Gasteiger partial charge in [-0.25, -0.2) is 13.8 Å². The van der Waals surface area contributed by atoms with Crippen molar-refractivity contribution in [3.05, 3.63) is 53.6 Å². The first-order valence-corrected chi connectivity index (χ1v) is 5.37. The zero-order chi connectivity index (χ0) is 12.1. The van der Waals surface area contributed by atoms with Crippen molar-refractivity contribution in [1.29, 1.82) is 0 Å². The maximum absolute atomic E-state index is 13.3. The van der Waals surface area contributed by atoms with Crippen molar-refractivity contribution in [2.24, 2.45) is 0 Å². The van der Waals surface area contributed by atoms with E-state index in [1.54, 1.807) is 12.5 Å². The van der Waals surface area contributed by atoms with E-state index in [1.165, 1.54) is 12.1 Å². The smallest absolute Gasteiger partial charge is 0.130 e. The Balaban J connectivity index is 1.78. The lowest BCUT2D eigenvalue weighted by Gasteiger charge is -2.05. The van der Waals surface area contributed by atoms with E-state index >= 15 is 0 Å². The summed E-state index contributed by atoms with van der Waals surface area (Å²) in [5.74, 6) is -1.07. The van der Waals surface area contributed by atoms with Gasteiger partial charge in [-0.05, 0) is 6.07 Å². The van der Waals surface area contributed by atoms with Gasteiger partial charge in [0.25, 0.3) is 0 Å². The first kappa shape index (κ1) is 11.7. The van der Waals surface area contributed by atoms with Crippen molar-refractivity contribution in [3.8, 4) is 0 Å². The molecule has 0 amide bonds. The molecule has 0 aliphatic carbocycles. The largest absolute Gasteiger partial charge is 0.348 e. The number of aromatic amines is 1. The van der Waals surface area contributed by atoms with Crippen LogP contribution in [0.25, 0.3) is 0 Å². The number of nitrogens with one attached hydrogen (secondary N) is 2. The Morgan fingerprint density at radius 2 is 2.18 bits per heavy atom. The monoisotopic (exact) mass is 237 g/mol. The van der Waals surface area contributed by atoms with Crippen LogP contribution in [-0.2, 0) is 13.0 Å². The molecule has 0 aliphatic rings. The highest BCUT2D eigenvalue weighted by atomic mass is 19.1. The number of nitrogens with zero attached hydrogens (tertiary/aromatic N) is 1. The Bertz CT molecular complexity index is 469. The first-order valence-electron chi connectivity index (χ1n) is 5.37. The highest BCUT2D eigenvalue weighted by molar-refractivity contribution is 5.18. The molecule has 1 heterocycles. The molecule has 0 aliphatic heterocycles. The van der Waals surface area contributed by atoms with E-state index in [4.69, 9.17) is 0 Å². The van der Waals surface area contributed by atoms with E-state index in [-0.39, 0.29) is 0 Å². The molecular weight excluding hydrogens is 224 g/mol. The van der Waals surface area contributed by atoms with Gasteiger partial charge in [0.2, 0.25) is 0 Å². The van der Waals surface area contributed by atoms with Gasteiger partial charge in [-0.2, -0.15) is 0 Å². The van der Waals surface area contributed by atoms with Crippen LogP contribution in [0.4, 0.5) is 8.78 Å². The summed E-state index contributed by atoms with van der Waals surface area (Å²) in [7, 11) is 0. The van der Waals surface area contributed by atoms with Crippen LogP contribution in [0.5, 0.6) is 0 Å². The summed E-state index contributed by atoms with van der Waals surface area (Å²) < 4.78 is 25.9. The number of H-pyrrole nitrogens is 1. The fraction of sp³-hybridized carbons (Fsp3) is 0.250. The first-order chi connectivity index (χ1) is 8.25. The highest BCUT2D eigenvalue weighted by Crippen LogP contribution is 2.08. The summed E-state index contributed by atoms with van der Waals surface area (Å²) in [5, 5.41) is 3.09. The zero-order valence-corrected chi connectivity index (χ0v) is 9.21. The second-order valence-electron chi connectivity index (χ2n) is 3.74. The molecule has 3 nitrogen and oxygen atoms in total. The van der Waals surface area contributed by atoms with Crippen molar-refractivity contribution in [2.75, 3.05) is 6.54 Å². The van der Waals surface area contributed by atoms with Crippen LogP contribution in [-0.4, -0.2) is 16.5 Å². The van der Waals surface area contributed by atoms with E-state index in [0.29, 0.717) is 18.7 Å². The number of aromatic nitrogens is 2. The predicted octanol–water partition coefficient (Wildman–Crippen LogP) is 2.02. The number of benzene rings is 1. The summed E-state index contributed by atoms with van der Waals surface area (Å²) in [6, 6.07) is 3.61. The molecule has 2 N–H and O–H groups in total. The van der Waals surface area contributed by atoms with Gasteiger partial charge in [-0.1, -0.05) is 6.07 Å². The van der Waals surface area contributed by atoms with Gasteiger partial charge in [0.05, 0.1) is 6.33 Å². The highest BCUT2D eigenvalue weighted by Gasteiger charge is 2.03. The molecule has 0 spiro atoms. The number of halogens is 2. The molecule has 90 valence electrons. The molecule has 2 aromatic rings. The molecule has 0 saturated heterocycles. The SMILES string of the molecule is Fc1ccc(CNCCc2cnc[nH]2)c(F)c1. The summed E-state index contributed by atoms with van der Waals surface area (Å²) in [4.78, 5) is 6.88. The minimum Gasteiger partial charge on any atom is -0.348 e. The van der Waals surface area contributed by atoms with Gasteiger partial charge in [0, 0.05) is 43.0 Å². The molecule has 1 aromatic carbocycles. The van der Waals surface area contributed by atoms with Crippen LogP contribution in [0.15, 0.2) is 30.7 Å². The average Bonchev–Trinajstić information content (AvgIpc) is 2.79. The number of rotatable bonds is 5. The van der Waals surface area contributed by atoms with E-state index in [9.17, 15) is 8.78 Å². The summed E-state index contributed by atoms with van der Waals surface area (Å²) in [6.07, 6.45) is 4.16. The van der Waals surface area contributed by atoms with Crippen LogP contribution in [0, 0.1) is 11.6 Å². The van der Waals surface area contributed by atoms with Gasteiger partial charge in [0.15, 0.2) is 0 Å². The van der Waals surface area contributed by atoms with Crippen LogP contribution in [0.1, 0.15) is 11.3 Å². The van der Waals surface area contributed by atoms with Crippen molar-refractivity contribution in [1.82, 2.24) is 15.3 Å². The normalized spacial score (nSPS) is 10.7. The predicted molar refractivity (Wildman–Crippen MR) is 60.4 cm³/mol. The van der Waals surface area contributed by atoms with Crippen LogP contribution in [0.3, 0.4) is 0 Å². The summed E-state index contributed by atoms with van der Waals surface area (Å²) in [5.41, 5.74) is 1.49. The maximum atomic E-state index is 13.3. The fourth-order valence-corrected chi connectivity index (χ4v) is 1.53. The van der Waals surface area contributed by atoms with Gasteiger partial charge >= 0.3 is 0 Å². The Morgan fingerprint density at radius 3 is 2.88 bits per heavy atom. The van der Waals surface area contributed by atoms with Gasteiger partial charge in [-0.15, -0.1) is 0 Å². The van der Waals surface area contributed by atoms with E-state index in [0.717, 1.165) is 18.2 Å². The van der Waals surface area contributed by atoms with Crippen LogP contribution < -0.4 is 5.32 Å². The summed E-state index contributed by atoms with van der Waals surface area (Å²) >= 11 is 0. The molecule has 1 aromatic heterocycles. The minimum atomic E-state index is -0.552. The molecule has 17 heavy (non-hydrogen) atoms. The Labute approximate surface area is 97.9 Å². The van der Waals surface area contributed by atoms with Crippen molar-refractivity contribution < 1.29 is 8.78 Å². The molecule has 2 rings (SSSR count). The third kappa shape index (κ3) is 3.35. The Kier molecular flexibility index (Phi) is 3.82. The van der Waals surface area contributed by atoms with E-state index < -0.39 is 11.6 Å². The van der Waals surface area contributed by atoms with Crippen molar-refractivity contribution in [2.45, 2.75) is 13.0 Å². The van der Waals surface area contributed by atoms with Gasteiger partial charge in [-0.3, -0.25) is 0 Å². The molecule has 0 bridgehead atoms. The third-order valence-electron chi connectivity index (χ3n) is 2.46. The van der Waals surface area contributed by atoms with E-state index in [2.05, 4.69) is 15.3 Å². The van der Waals surface area contributed by atoms with E-state index in [1.807, 2.05) is 0 Å². The van der Waals surface area contributed by atoms with Gasteiger partial charge < -0.3 is 10.3 Å². The van der Waals surface area contributed by atoms with Crippen LogP contribution >= 0.6 is 0 Å². The van der Waals surface area contributed by atoms with Crippen LogP contribution in [0.2, 0.25) is 0 Å². The molecule has 0 saturated carbocycles. The van der Waals surface area contributed by atoms with Crippen molar-refractivity contribution in [3.63, 3.8) is 0 Å². The average molecular weight is 237 g/mol. The minimum absolute atomic E-state index is 0.389. The summed E-state index contributed by atoms with van der Waals surface area (Å²) in [6.45, 7) is 1.10. The lowest BCUT2D eigenvalue weighted by molar-refractivity contribution is 0.560. The fourth-order valence-electron chi connectivity index (χ4n) is 1.53. The Hall–Kier alpha value is -1.75. The molecule has 0 atom stereocenters. The topological polar surface area (TPSA) is 40.7 Å². The third-order valence-corrected chi connectivity index (χ3v) is 2.46. The molecule has 0 unspecified atom stereocenters. The number of imidazole rings is 1. The number of hydrogen-bond acceptors (Lipinski definition) is 2. The lowest BCUT2D eigenvalue weighted by atomic mass is 10.2. The second-order valence-corrected chi connectivity index (χ2v) is 3.74. The molecule has 0 radical (unpaired) electrons. The molecule has 5 heteroatoms. The quantitative estimate of drug-likeness (QED) is 0.781. The molecular formula is C12H13F2N3. The van der Waals surface area contributed by atoms with Gasteiger partial charge in [0.1, 0.15) is 11.6 Å². The molecule has 0 fully saturated rings. The zero-order valence-electron chi connectivity index (χ0n) is 9.21. The maximum Gasteiger partial charge on any atom is 0.130 e. The lowest BCUT2D eigenvalue weighted by Crippen LogP contribution is -2.17. The second kappa shape index (κ2) is 5.54. The Morgan fingerprint density at radius 1 is 1.29 bits per heavy atom. The standard InChI is InChI=1S/C12H13F2N3/c13-10-2-1-9(12(14)5-10)6-15-4-3-11-7-16-8-17-11/h1-2,5,7-8,15H,3-4,6H2,(H,16,17). The number of hydrogen-bond donors (Lipinski definition) is 2.